The van der Waals surface area contributed by atoms with Crippen molar-refractivity contribution in [3.63, 3.8) is 0 Å². The number of hydrogen-bond donors (Lipinski definition) is 1. The number of benzene rings is 3. The van der Waals surface area contributed by atoms with Gasteiger partial charge in [0.1, 0.15) is 0 Å². The van der Waals surface area contributed by atoms with Crippen molar-refractivity contribution in [3.05, 3.63) is 83.3 Å². The molecule has 0 aromatic heterocycles. The van der Waals surface area contributed by atoms with E-state index < -0.39 is 73.7 Å². The zero-order valence-corrected chi connectivity index (χ0v) is 13.6. The number of hydrogen-bond acceptors (Lipinski definition) is 1. The third kappa shape index (κ3) is 4.44. The van der Waals surface area contributed by atoms with E-state index >= 15 is 0 Å². The maximum absolute atomic E-state index is 13.4. The van der Waals surface area contributed by atoms with E-state index in [2.05, 4.69) is 5.32 Å². The lowest BCUT2D eigenvalue weighted by atomic mass is 9.99. The molecule has 3 aromatic rings. The van der Waals surface area contributed by atoms with E-state index in [1.165, 1.54) is 6.07 Å². The van der Waals surface area contributed by atoms with E-state index in [4.69, 9.17) is 13.7 Å². The lowest BCUT2D eigenvalue weighted by Crippen LogP contribution is -2.20. The molecule has 0 bridgehead atoms. The largest absolute Gasteiger partial charge is 0.416 e. The van der Waals surface area contributed by atoms with Gasteiger partial charge in [-0.2, -0.15) is 13.2 Å². The Morgan fingerprint density at radius 2 is 2.00 bits per heavy atom. The Bertz CT molecular complexity index is 1280. The highest BCUT2D eigenvalue weighted by atomic mass is 19.4. The number of fused-ring (bicyclic) bond motifs is 1. The molecule has 3 rings (SSSR count). The summed E-state index contributed by atoms with van der Waals surface area (Å²) in [5.41, 5.74) is -2.74. The normalized spacial score (nSPS) is 20.9. The van der Waals surface area contributed by atoms with Gasteiger partial charge in [-0.15, -0.1) is 0 Å². The van der Waals surface area contributed by atoms with Crippen molar-refractivity contribution in [3.8, 4) is 0 Å². The average molecular weight is 367 g/mol. The summed E-state index contributed by atoms with van der Waals surface area (Å²) >= 11 is 0. The summed E-state index contributed by atoms with van der Waals surface area (Å²) < 4.78 is 121. The summed E-state index contributed by atoms with van der Waals surface area (Å²) in [6.07, 6.45) is -8.70. The van der Waals surface area contributed by atoms with Gasteiger partial charge in [0, 0.05) is 12.9 Å². The molecule has 0 radical (unpaired) electrons. The molecule has 0 fully saturated rings. The van der Waals surface area contributed by atoms with Gasteiger partial charge < -0.3 is 5.32 Å². The quantitative estimate of drug-likeness (QED) is 0.552. The van der Waals surface area contributed by atoms with Crippen LogP contribution < -0.4 is 5.32 Å². The van der Waals surface area contributed by atoms with E-state index in [1.54, 1.807) is 36.4 Å². The first-order valence-electron chi connectivity index (χ1n) is 12.8. The fourth-order valence-corrected chi connectivity index (χ4v) is 2.49. The van der Waals surface area contributed by atoms with E-state index in [-0.39, 0.29) is 5.56 Å². The standard InChI is InChI=1S/C22H22F3N/c1-16(20-13-5-10-18-9-2-3-12-21(18)20)26-14-6-8-17-7-4-11-19(15-17)22(23,24)25/h2-5,7,9-13,15-16,26H,6,8,14H2,1H3/t16-/m1/s1/i1D3,4D,7D,8D2,11D,15D,16D. The first-order chi connectivity index (χ1) is 16.4. The molecule has 1 nitrogen and oxygen atoms in total. The molecule has 1 N–H and O–H groups in total. The molecule has 0 saturated heterocycles. The molecule has 0 spiro atoms. The van der Waals surface area contributed by atoms with Crippen molar-refractivity contribution in [2.45, 2.75) is 31.8 Å². The molecule has 1 atom stereocenters. The highest BCUT2D eigenvalue weighted by Gasteiger charge is 2.30. The van der Waals surface area contributed by atoms with Crippen molar-refractivity contribution in [2.75, 3.05) is 6.54 Å². The molecule has 136 valence electrons. The highest BCUT2D eigenvalue weighted by Crippen LogP contribution is 2.29. The third-order valence-electron chi connectivity index (χ3n) is 3.70. The van der Waals surface area contributed by atoms with Gasteiger partial charge in [0.25, 0.3) is 0 Å². The molecular formula is C22H22F3N. The molecule has 4 heteroatoms. The molecule has 0 amide bonds. The van der Waals surface area contributed by atoms with E-state index in [1.807, 2.05) is 0 Å². The average Bonchev–Trinajstić information content (AvgIpc) is 2.75. The second kappa shape index (κ2) is 7.92. The molecule has 0 aliphatic carbocycles. The third-order valence-corrected chi connectivity index (χ3v) is 3.70. The predicted octanol–water partition coefficient (Wildman–Crippen LogP) is 6.14. The molecule has 3 aromatic carbocycles. The molecule has 26 heavy (non-hydrogen) atoms. The summed E-state index contributed by atoms with van der Waals surface area (Å²) in [5, 5.41) is 3.66. The van der Waals surface area contributed by atoms with Gasteiger partial charge in [0.05, 0.1) is 12.4 Å². The summed E-state index contributed by atoms with van der Waals surface area (Å²) in [6, 6.07) is 4.11. The minimum Gasteiger partial charge on any atom is -0.310 e. The molecule has 0 saturated carbocycles. The van der Waals surface area contributed by atoms with Gasteiger partial charge in [-0.25, -0.2) is 0 Å². The minimum absolute atomic E-state index is 0.0925. The Morgan fingerprint density at radius 1 is 1.19 bits per heavy atom. The lowest BCUT2D eigenvalue weighted by Gasteiger charge is -2.17. The van der Waals surface area contributed by atoms with Gasteiger partial charge in [-0.3, -0.25) is 0 Å². The number of rotatable bonds is 6. The Kier molecular flexibility index (Phi) is 2.91. The second-order valence-electron chi connectivity index (χ2n) is 5.50. The van der Waals surface area contributed by atoms with Crippen LogP contribution in [0.3, 0.4) is 0 Å². The van der Waals surface area contributed by atoms with Crippen molar-refractivity contribution in [1.82, 2.24) is 5.32 Å². The van der Waals surface area contributed by atoms with Gasteiger partial charge in [0.15, 0.2) is 0 Å². The Balaban J connectivity index is 2.00. The maximum Gasteiger partial charge on any atom is 0.416 e. The summed E-state index contributed by atoms with van der Waals surface area (Å²) in [6.45, 7) is -3.45. The van der Waals surface area contributed by atoms with Crippen LogP contribution in [0.15, 0.2) is 66.6 Å². The monoisotopic (exact) mass is 367 g/mol. The molecule has 0 unspecified atom stereocenters. The fourth-order valence-electron chi connectivity index (χ4n) is 2.49. The van der Waals surface area contributed by atoms with Crippen LogP contribution in [0, 0.1) is 0 Å². The Labute approximate surface area is 165 Å². The van der Waals surface area contributed by atoms with Crippen molar-refractivity contribution in [2.24, 2.45) is 0 Å². The topological polar surface area (TPSA) is 12.0 Å². The van der Waals surface area contributed by atoms with Crippen molar-refractivity contribution in [1.29, 1.82) is 0 Å². The summed E-state index contributed by atoms with van der Waals surface area (Å²) in [4.78, 5) is 0. The summed E-state index contributed by atoms with van der Waals surface area (Å²) in [5.74, 6) is 0. The van der Waals surface area contributed by atoms with Crippen LogP contribution >= 0.6 is 0 Å². The zero-order valence-electron chi connectivity index (χ0n) is 23.6. The van der Waals surface area contributed by atoms with Crippen LogP contribution in [-0.2, 0) is 12.5 Å². The van der Waals surface area contributed by atoms with Crippen LogP contribution in [0.4, 0.5) is 13.2 Å². The number of halogens is 3. The SMILES string of the molecule is [2H]c1c([2H])c(C(F)(F)F)c([2H])c(C([2H])([2H])CCN[C@@]([2H])(c2cccc3ccccc23)C([2H])([2H])[2H])c1[2H]. The highest BCUT2D eigenvalue weighted by molar-refractivity contribution is 5.86. The predicted molar refractivity (Wildman–Crippen MR) is 100 cm³/mol. The smallest absolute Gasteiger partial charge is 0.310 e. The van der Waals surface area contributed by atoms with Crippen LogP contribution in [-0.4, -0.2) is 6.54 Å². The molecule has 0 aliphatic rings. The van der Waals surface area contributed by atoms with Gasteiger partial charge >= 0.3 is 6.18 Å². The Hall–Kier alpha value is -2.33. The van der Waals surface area contributed by atoms with Crippen molar-refractivity contribution >= 4 is 10.8 Å². The second-order valence-corrected chi connectivity index (χ2v) is 5.50. The van der Waals surface area contributed by atoms with Crippen molar-refractivity contribution < 1.29 is 26.9 Å². The fraction of sp³-hybridized carbons (Fsp3) is 0.273. The first kappa shape index (κ1) is 9.56. The molecule has 0 aliphatic heterocycles. The van der Waals surface area contributed by atoms with Gasteiger partial charge in [-0.05, 0) is 54.1 Å². The van der Waals surface area contributed by atoms with E-state index in [0.29, 0.717) is 10.8 Å². The molecule has 0 heterocycles. The summed E-state index contributed by atoms with van der Waals surface area (Å²) in [7, 11) is 0. The minimum atomic E-state index is -5.22. The van der Waals surface area contributed by atoms with Crippen LogP contribution in [0.2, 0.25) is 0 Å². The Morgan fingerprint density at radius 3 is 2.81 bits per heavy atom. The van der Waals surface area contributed by atoms with Gasteiger partial charge in [-0.1, -0.05) is 60.6 Å². The lowest BCUT2D eigenvalue weighted by molar-refractivity contribution is -0.137. The van der Waals surface area contributed by atoms with E-state index in [9.17, 15) is 13.2 Å². The molecular weight excluding hydrogens is 335 g/mol. The van der Waals surface area contributed by atoms with Crippen LogP contribution in [0.1, 0.15) is 49.7 Å². The zero-order chi connectivity index (χ0) is 27.3. The van der Waals surface area contributed by atoms with Crippen LogP contribution in [0.25, 0.3) is 10.8 Å². The maximum atomic E-state index is 13.4. The number of nitrogens with one attached hydrogen (secondary N) is 1. The van der Waals surface area contributed by atoms with Crippen LogP contribution in [0.5, 0.6) is 0 Å². The first-order valence-corrected chi connectivity index (χ1v) is 7.85. The number of alkyl halides is 3. The van der Waals surface area contributed by atoms with E-state index in [0.717, 1.165) is 0 Å². The van der Waals surface area contributed by atoms with Gasteiger partial charge in [0.2, 0.25) is 0 Å².